The standard InChI is InChI=1S/C14H19Br/c1-4-12(10-15)9-13-5-7-14(8-6-13)11(2)3/h5-9,11H,4,10H2,1-3H3. The summed E-state index contributed by atoms with van der Waals surface area (Å²) in [6.45, 7) is 6.64. The molecule has 82 valence electrons. The molecule has 0 bridgehead atoms. The monoisotopic (exact) mass is 266 g/mol. The molecule has 0 aliphatic heterocycles. The summed E-state index contributed by atoms with van der Waals surface area (Å²) in [6.07, 6.45) is 3.37. The molecule has 0 aliphatic rings. The van der Waals surface area contributed by atoms with E-state index < -0.39 is 0 Å². The van der Waals surface area contributed by atoms with Crippen LogP contribution in [0, 0.1) is 0 Å². The Bertz CT molecular complexity index is 314. The molecule has 1 aromatic rings. The molecule has 1 rings (SSSR count). The minimum atomic E-state index is 0.616. The number of allylic oxidation sites excluding steroid dienone is 1. The van der Waals surface area contributed by atoms with Gasteiger partial charge in [-0.15, -0.1) is 0 Å². The highest BCUT2D eigenvalue weighted by Crippen LogP contribution is 2.17. The maximum Gasteiger partial charge on any atom is 0.0245 e. The fourth-order valence-electron chi connectivity index (χ4n) is 1.45. The topological polar surface area (TPSA) is 0 Å². The maximum atomic E-state index is 3.50. The lowest BCUT2D eigenvalue weighted by atomic mass is 10.0. The first-order valence-electron chi connectivity index (χ1n) is 5.52. The second kappa shape index (κ2) is 6.12. The van der Waals surface area contributed by atoms with Crippen LogP contribution in [0.15, 0.2) is 29.8 Å². The van der Waals surface area contributed by atoms with Gasteiger partial charge in [0.25, 0.3) is 0 Å². The lowest BCUT2D eigenvalue weighted by molar-refractivity contribution is 0.866. The van der Waals surface area contributed by atoms with Crippen LogP contribution >= 0.6 is 15.9 Å². The highest BCUT2D eigenvalue weighted by Gasteiger charge is 1.98. The van der Waals surface area contributed by atoms with Crippen LogP contribution in [0.4, 0.5) is 0 Å². The van der Waals surface area contributed by atoms with Gasteiger partial charge in [0.05, 0.1) is 0 Å². The Morgan fingerprint density at radius 1 is 1.27 bits per heavy atom. The highest BCUT2D eigenvalue weighted by atomic mass is 79.9. The first kappa shape index (κ1) is 12.5. The smallest absolute Gasteiger partial charge is 0.0245 e. The van der Waals surface area contributed by atoms with Crippen molar-refractivity contribution in [2.24, 2.45) is 0 Å². The van der Waals surface area contributed by atoms with Crippen LogP contribution in [-0.4, -0.2) is 5.33 Å². The quantitative estimate of drug-likeness (QED) is 0.673. The minimum Gasteiger partial charge on any atom is -0.0880 e. The molecule has 0 N–H and O–H groups in total. The molecular formula is C14H19Br. The van der Waals surface area contributed by atoms with Gasteiger partial charge in [-0.2, -0.15) is 0 Å². The maximum absolute atomic E-state index is 3.50. The molecule has 0 saturated heterocycles. The van der Waals surface area contributed by atoms with E-state index in [9.17, 15) is 0 Å². The Hall–Kier alpha value is -0.560. The second-order valence-corrected chi connectivity index (χ2v) is 4.67. The van der Waals surface area contributed by atoms with Gasteiger partial charge in [-0.25, -0.2) is 0 Å². The Morgan fingerprint density at radius 2 is 1.87 bits per heavy atom. The molecule has 0 spiro atoms. The molecule has 0 atom stereocenters. The second-order valence-electron chi connectivity index (χ2n) is 4.11. The van der Waals surface area contributed by atoms with E-state index in [-0.39, 0.29) is 0 Å². The van der Waals surface area contributed by atoms with E-state index in [0.717, 1.165) is 11.8 Å². The number of hydrogen-bond acceptors (Lipinski definition) is 0. The zero-order chi connectivity index (χ0) is 11.3. The molecule has 0 nitrogen and oxygen atoms in total. The lowest BCUT2D eigenvalue weighted by Crippen LogP contribution is -1.87. The predicted octanol–water partition coefficient (Wildman–Crippen LogP) is 5.00. The summed E-state index contributed by atoms with van der Waals surface area (Å²) in [5.41, 5.74) is 4.15. The van der Waals surface area contributed by atoms with Crippen molar-refractivity contribution in [2.75, 3.05) is 5.33 Å². The van der Waals surface area contributed by atoms with Crippen LogP contribution in [0.2, 0.25) is 0 Å². The summed E-state index contributed by atoms with van der Waals surface area (Å²) >= 11 is 3.50. The van der Waals surface area contributed by atoms with Crippen molar-refractivity contribution in [3.63, 3.8) is 0 Å². The number of benzene rings is 1. The Morgan fingerprint density at radius 3 is 2.27 bits per heavy atom. The van der Waals surface area contributed by atoms with Crippen LogP contribution in [0.1, 0.15) is 44.2 Å². The summed E-state index contributed by atoms with van der Waals surface area (Å²) in [7, 11) is 0. The van der Waals surface area contributed by atoms with Gasteiger partial charge >= 0.3 is 0 Å². The van der Waals surface area contributed by atoms with Crippen LogP contribution in [0.3, 0.4) is 0 Å². The van der Waals surface area contributed by atoms with Crippen LogP contribution in [-0.2, 0) is 0 Å². The first-order chi connectivity index (χ1) is 7.17. The fourth-order valence-corrected chi connectivity index (χ4v) is 2.01. The zero-order valence-electron chi connectivity index (χ0n) is 9.76. The normalized spacial score (nSPS) is 12.2. The summed E-state index contributed by atoms with van der Waals surface area (Å²) < 4.78 is 0. The molecule has 0 fully saturated rings. The fraction of sp³-hybridized carbons (Fsp3) is 0.429. The van der Waals surface area contributed by atoms with E-state index in [1.165, 1.54) is 16.7 Å². The van der Waals surface area contributed by atoms with Crippen molar-refractivity contribution in [1.82, 2.24) is 0 Å². The molecule has 1 heteroatoms. The molecule has 0 aromatic heterocycles. The first-order valence-corrected chi connectivity index (χ1v) is 6.65. The predicted molar refractivity (Wildman–Crippen MR) is 72.6 cm³/mol. The van der Waals surface area contributed by atoms with Crippen LogP contribution in [0.25, 0.3) is 6.08 Å². The van der Waals surface area contributed by atoms with Gasteiger partial charge < -0.3 is 0 Å². The SMILES string of the molecule is CCC(=Cc1ccc(C(C)C)cc1)CBr. The lowest BCUT2D eigenvalue weighted by Gasteiger charge is -2.05. The number of halogens is 1. The molecule has 0 amide bonds. The zero-order valence-corrected chi connectivity index (χ0v) is 11.3. The van der Waals surface area contributed by atoms with Gasteiger partial charge in [0, 0.05) is 5.33 Å². The molecule has 15 heavy (non-hydrogen) atoms. The number of rotatable bonds is 4. The van der Waals surface area contributed by atoms with E-state index in [2.05, 4.69) is 67.0 Å². The Labute approximate surface area is 102 Å². The van der Waals surface area contributed by atoms with Gasteiger partial charge in [0.1, 0.15) is 0 Å². The largest absolute Gasteiger partial charge is 0.0880 e. The summed E-state index contributed by atoms with van der Waals surface area (Å²) in [5.74, 6) is 0.616. The van der Waals surface area contributed by atoms with E-state index in [1.54, 1.807) is 0 Å². The average Bonchev–Trinajstić information content (AvgIpc) is 2.26. The van der Waals surface area contributed by atoms with Crippen molar-refractivity contribution in [2.45, 2.75) is 33.1 Å². The van der Waals surface area contributed by atoms with E-state index in [1.807, 2.05) is 0 Å². The Balaban J connectivity index is 2.84. The third-order valence-corrected chi connectivity index (χ3v) is 3.32. The van der Waals surface area contributed by atoms with Gasteiger partial charge in [-0.3, -0.25) is 0 Å². The summed E-state index contributed by atoms with van der Waals surface area (Å²) in [5, 5.41) is 0.968. The van der Waals surface area contributed by atoms with Gasteiger partial charge in [-0.1, -0.05) is 72.6 Å². The minimum absolute atomic E-state index is 0.616. The third-order valence-electron chi connectivity index (χ3n) is 2.60. The average molecular weight is 267 g/mol. The van der Waals surface area contributed by atoms with Crippen molar-refractivity contribution in [1.29, 1.82) is 0 Å². The van der Waals surface area contributed by atoms with E-state index in [4.69, 9.17) is 0 Å². The van der Waals surface area contributed by atoms with Crippen LogP contribution < -0.4 is 0 Å². The van der Waals surface area contributed by atoms with Gasteiger partial charge in [-0.05, 0) is 23.5 Å². The molecule has 0 heterocycles. The van der Waals surface area contributed by atoms with Crippen molar-refractivity contribution in [3.05, 3.63) is 41.0 Å². The third kappa shape index (κ3) is 3.83. The number of alkyl halides is 1. The van der Waals surface area contributed by atoms with Crippen molar-refractivity contribution >= 4 is 22.0 Å². The van der Waals surface area contributed by atoms with Gasteiger partial charge in [0.15, 0.2) is 0 Å². The molecule has 0 unspecified atom stereocenters. The van der Waals surface area contributed by atoms with Crippen LogP contribution in [0.5, 0.6) is 0 Å². The van der Waals surface area contributed by atoms with Crippen molar-refractivity contribution in [3.8, 4) is 0 Å². The summed E-state index contributed by atoms with van der Waals surface area (Å²) in [4.78, 5) is 0. The molecule has 0 radical (unpaired) electrons. The van der Waals surface area contributed by atoms with Gasteiger partial charge in [0.2, 0.25) is 0 Å². The molecular weight excluding hydrogens is 248 g/mol. The summed E-state index contributed by atoms with van der Waals surface area (Å²) in [6, 6.07) is 8.84. The highest BCUT2D eigenvalue weighted by molar-refractivity contribution is 9.09. The molecule has 0 aliphatic carbocycles. The number of hydrogen-bond donors (Lipinski definition) is 0. The van der Waals surface area contributed by atoms with E-state index in [0.29, 0.717) is 5.92 Å². The molecule has 1 aromatic carbocycles. The Kier molecular flexibility index (Phi) is 5.10. The van der Waals surface area contributed by atoms with Crippen molar-refractivity contribution < 1.29 is 0 Å². The molecule has 0 saturated carbocycles. The van der Waals surface area contributed by atoms with E-state index >= 15 is 0 Å².